The van der Waals surface area contributed by atoms with Gasteiger partial charge in [-0.2, -0.15) is 5.10 Å². The Morgan fingerprint density at radius 3 is 3.36 bits per heavy atom. The second-order valence-electron chi connectivity index (χ2n) is 3.43. The lowest BCUT2D eigenvalue weighted by atomic mass is 10.0. The Balaban J connectivity index is 2.11. The van der Waals surface area contributed by atoms with Crippen molar-refractivity contribution in [1.29, 1.82) is 0 Å². The minimum absolute atomic E-state index is 0.408. The maximum absolute atomic E-state index is 5.34. The Hall–Kier alpha value is -1.49. The van der Waals surface area contributed by atoms with Crippen molar-refractivity contribution in [2.45, 2.75) is 12.3 Å². The molecule has 0 amide bonds. The zero-order valence-corrected chi connectivity index (χ0v) is 7.63. The van der Waals surface area contributed by atoms with Crippen molar-refractivity contribution in [3.05, 3.63) is 24.5 Å². The van der Waals surface area contributed by atoms with Gasteiger partial charge in [0, 0.05) is 12.5 Å². The molecule has 0 aliphatic carbocycles. The highest BCUT2D eigenvalue weighted by Gasteiger charge is 2.22. The van der Waals surface area contributed by atoms with E-state index in [1.165, 1.54) is 6.33 Å². The summed E-state index contributed by atoms with van der Waals surface area (Å²) in [6.07, 6.45) is 6.09. The van der Waals surface area contributed by atoms with Crippen molar-refractivity contribution in [3.63, 3.8) is 0 Å². The summed E-state index contributed by atoms with van der Waals surface area (Å²) in [5.41, 5.74) is 2.05. The molecule has 1 fully saturated rings. The van der Waals surface area contributed by atoms with Crippen LogP contribution < -0.4 is 0 Å². The molecular formula is C9H10N4O. The number of hydrogen-bond acceptors (Lipinski definition) is 4. The Labute approximate surface area is 80.7 Å². The first-order chi connectivity index (χ1) is 6.95. The third-order valence-corrected chi connectivity index (χ3v) is 2.57. The van der Waals surface area contributed by atoms with Gasteiger partial charge in [0.15, 0.2) is 0 Å². The molecule has 1 atom stereocenters. The number of fused-ring (bicyclic) bond motifs is 1. The van der Waals surface area contributed by atoms with Crippen molar-refractivity contribution in [2.24, 2.45) is 0 Å². The summed E-state index contributed by atoms with van der Waals surface area (Å²) in [5.74, 6) is 0.408. The topological polar surface area (TPSA) is 52.3 Å². The second kappa shape index (κ2) is 3.02. The fraction of sp³-hybridized carbons (Fsp3) is 0.444. The van der Waals surface area contributed by atoms with Gasteiger partial charge in [-0.1, -0.05) is 0 Å². The summed E-state index contributed by atoms with van der Waals surface area (Å²) in [6.45, 7) is 1.60. The molecule has 1 saturated heterocycles. The van der Waals surface area contributed by atoms with Gasteiger partial charge in [0.05, 0.1) is 18.5 Å². The molecule has 5 heteroatoms. The minimum Gasteiger partial charge on any atom is -0.381 e. The van der Waals surface area contributed by atoms with Crippen LogP contribution in [-0.4, -0.2) is 32.8 Å². The van der Waals surface area contributed by atoms with E-state index in [2.05, 4.69) is 15.1 Å². The number of ether oxygens (including phenoxy) is 1. The summed E-state index contributed by atoms with van der Waals surface area (Å²) in [7, 11) is 0. The predicted octanol–water partition coefficient (Wildman–Crippen LogP) is 0.628. The fourth-order valence-corrected chi connectivity index (χ4v) is 1.83. The average molecular weight is 190 g/mol. The highest BCUT2D eigenvalue weighted by molar-refractivity contribution is 5.50. The van der Waals surface area contributed by atoms with E-state index in [-0.39, 0.29) is 0 Å². The lowest BCUT2D eigenvalue weighted by Gasteiger charge is -2.02. The summed E-state index contributed by atoms with van der Waals surface area (Å²) in [4.78, 5) is 8.36. The van der Waals surface area contributed by atoms with Gasteiger partial charge in [-0.05, 0) is 6.42 Å². The van der Waals surface area contributed by atoms with E-state index in [9.17, 15) is 0 Å². The predicted molar refractivity (Wildman–Crippen MR) is 49.0 cm³/mol. The van der Waals surface area contributed by atoms with Crippen LogP contribution >= 0.6 is 0 Å². The van der Waals surface area contributed by atoms with Gasteiger partial charge in [-0.25, -0.2) is 14.5 Å². The van der Waals surface area contributed by atoms with Crippen molar-refractivity contribution in [1.82, 2.24) is 19.6 Å². The zero-order chi connectivity index (χ0) is 9.38. The normalized spacial score (nSPS) is 21.9. The largest absolute Gasteiger partial charge is 0.381 e. The molecule has 1 aliphatic heterocycles. The van der Waals surface area contributed by atoms with E-state index >= 15 is 0 Å². The number of rotatable bonds is 1. The first-order valence-corrected chi connectivity index (χ1v) is 4.66. The van der Waals surface area contributed by atoms with Crippen LogP contribution in [0.3, 0.4) is 0 Å². The van der Waals surface area contributed by atoms with Crippen LogP contribution in [0, 0.1) is 0 Å². The van der Waals surface area contributed by atoms with Crippen LogP contribution in [0.1, 0.15) is 18.0 Å². The Morgan fingerprint density at radius 1 is 1.50 bits per heavy atom. The molecule has 3 rings (SSSR count). The van der Waals surface area contributed by atoms with E-state index in [1.54, 1.807) is 17.0 Å². The second-order valence-corrected chi connectivity index (χ2v) is 3.43. The quantitative estimate of drug-likeness (QED) is 0.661. The third-order valence-electron chi connectivity index (χ3n) is 2.57. The van der Waals surface area contributed by atoms with Crippen molar-refractivity contribution >= 4 is 5.52 Å². The van der Waals surface area contributed by atoms with Gasteiger partial charge in [0.25, 0.3) is 0 Å². The molecule has 0 N–H and O–H groups in total. The van der Waals surface area contributed by atoms with Crippen molar-refractivity contribution in [2.75, 3.05) is 13.2 Å². The highest BCUT2D eigenvalue weighted by Crippen LogP contribution is 2.26. The van der Waals surface area contributed by atoms with Crippen LogP contribution in [0.5, 0.6) is 0 Å². The van der Waals surface area contributed by atoms with E-state index in [0.29, 0.717) is 5.92 Å². The van der Waals surface area contributed by atoms with Gasteiger partial charge >= 0.3 is 0 Å². The first-order valence-electron chi connectivity index (χ1n) is 4.66. The molecule has 2 aromatic heterocycles. The Morgan fingerprint density at radius 2 is 2.50 bits per heavy atom. The molecular weight excluding hydrogens is 180 g/mol. The number of imidazole rings is 1. The van der Waals surface area contributed by atoms with Crippen LogP contribution in [0.25, 0.3) is 5.52 Å². The van der Waals surface area contributed by atoms with Crippen molar-refractivity contribution in [3.8, 4) is 0 Å². The maximum Gasteiger partial charge on any atom is 0.136 e. The van der Waals surface area contributed by atoms with E-state index in [4.69, 9.17) is 4.74 Å². The summed E-state index contributed by atoms with van der Waals surface area (Å²) < 4.78 is 7.09. The van der Waals surface area contributed by atoms with Gasteiger partial charge in [0.2, 0.25) is 0 Å². The molecule has 5 nitrogen and oxygen atoms in total. The van der Waals surface area contributed by atoms with Crippen LogP contribution in [0.2, 0.25) is 0 Å². The molecule has 0 unspecified atom stereocenters. The molecule has 0 bridgehead atoms. The van der Waals surface area contributed by atoms with Crippen molar-refractivity contribution < 1.29 is 4.74 Å². The SMILES string of the molecule is c1ncc2c([C@@H]3CCOC3)ncn2n1. The Bertz CT molecular complexity index is 447. The summed E-state index contributed by atoms with van der Waals surface area (Å²) >= 11 is 0. The average Bonchev–Trinajstić information content (AvgIpc) is 2.85. The molecule has 3 heterocycles. The number of hydrogen-bond donors (Lipinski definition) is 0. The zero-order valence-electron chi connectivity index (χ0n) is 7.63. The molecule has 0 aromatic carbocycles. The van der Waals surface area contributed by atoms with Crippen LogP contribution in [-0.2, 0) is 4.74 Å². The fourth-order valence-electron chi connectivity index (χ4n) is 1.83. The lowest BCUT2D eigenvalue weighted by Crippen LogP contribution is -1.99. The number of aromatic nitrogens is 4. The van der Waals surface area contributed by atoms with E-state index in [0.717, 1.165) is 30.8 Å². The lowest BCUT2D eigenvalue weighted by molar-refractivity contribution is 0.193. The molecule has 14 heavy (non-hydrogen) atoms. The van der Waals surface area contributed by atoms with Crippen LogP contribution in [0.15, 0.2) is 18.9 Å². The van der Waals surface area contributed by atoms with Gasteiger partial charge in [-0.15, -0.1) is 0 Å². The van der Waals surface area contributed by atoms with Gasteiger partial charge in [-0.3, -0.25) is 0 Å². The first kappa shape index (κ1) is 7.87. The monoisotopic (exact) mass is 190 g/mol. The molecule has 0 saturated carbocycles. The number of nitrogens with zero attached hydrogens (tertiary/aromatic N) is 4. The highest BCUT2D eigenvalue weighted by atomic mass is 16.5. The molecule has 0 spiro atoms. The molecule has 72 valence electrons. The van der Waals surface area contributed by atoms with E-state index in [1.807, 2.05) is 0 Å². The standard InChI is InChI=1S/C9H10N4O/c1-2-14-4-7(1)9-8-3-10-5-12-13(8)6-11-9/h3,5-7H,1-2,4H2/t7-/m1/s1. The third kappa shape index (κ3) is 1.09. The summed E-state index contributed by atoms with van der Waals surface area (Å²) in [5, 5.41) is 4.08. The van der Waals surface area contributed by atoms with Crippen LogP contribution in [0.4, 0.5) is 0 Å². The minimum atomic E-state index is 0.408. The Kier molecular flexibility index (Phi) is 1.70. The maximum atomic E-state index is 5.34. The molecule has 1 aliphatic rings. The van der Waals surface area contributed by atoms with Gasteiger partial charge in [0.1, 0.15) is 18.2 Å². The molecule has 0 radical (unpaired) electrons. The van der Waals surface area contributed by atoms with Gasteiger partial charge < -0.3 is 4.74 Å². The summed E-state index contributed by atoms with van der Waals surface area (Å²) in [6, 6.07) is 0. The smallest absolute Gasteiger partial charge is 0.136 e. The van der Waals surface area contributed by atoms with E-state index < -0.39 is 0 Å². The molecule has 2 aromatic rings.